The molecule has 0 aromatic rings. The number of ether oxygens (including phenoxy) is 3. The van der Waals surface area contributed by atoms with Gasteiger partial charge in [0.25, 0.3) is 0 Å². The second kappa shape index (κ2) is 83.4. The lowest BCUT2D eigenvalue weighted by Gasteiger charge is -2.21. The van der Waals surface area contributed by atoms with E-state index in [1.54, 1.807) is 0 Å². The second-order valence-electron chi connectivity index (χ2n) is 29.3. The van der Waals surface area contributed by atoms with Crippen molar-refractivity contribution in [2.24, 2.45) is 0 Å². The van der Waals surface area contributed by atoms with E-state index >= 15 is 0 Å². The first-order chi connectivity index (χ1) is 53.2. The molecule has 5 unspecified atom stereocenters. The van der Waals surface area contributed by atoms with Gasteiger partial charge in [-0.15, -0.1) is 0 Å². The number of hydrogen-bond acceptors (Lipinski definition) is 14. The minimum Gasteiger partial charge on any atom is -0.463 e. The van der Waals surface area contributed by atoms with Crippen LogP contribution in [0, 0.1) is 0 Å². The standard InChI is InChI=1S/C91H160O16P2/c1-4-7-10-13-16-19-22-25-28-30-32-34-36-37-38-39-40-41-42-43-44-45-46-47-49-51-52-54-57-59-62-65-68-71-74-77-89(94)101-80-86(92)81-103-108(97,98)104-82-87(93)83-105-109(99,100)106-85-88(107-91(96)79-76-73-70-67-64-61-56-27-24-21-18-15-12-9-6-3)84-102-90(95)78-75-72-69-66-63-60-58-55-53-50-48-35-33-31-29-26-23-20-17-14-11-8-5-2/h8,11,16-17,19-20,25-29,32-35,37-38,50,53,56,86-88,92-93H,4-7,9-10,12-15,18,21-24,30-31,36,39-49,51-52,54-55,57-85H2,1-3H3,(H,97,98)(H,99,100)/b11-8-,19-16-,20-17-,28-25-,29-26-,34-32-,35-33-,38-37-,53-50-,56-27-. The molecule has 0 aliphatic carbocycles. The van der Waals surface area contributed by atoms with Gasteiger partial charge in [-0.2, -0.15) is 0 Å². The molecule has 0 rings (SSSR count). The van der Waals surface area contributed by atoms with Gasteiger partial charge in [-0.1, -0.05) is 348 Å². The molecule has 0 aliphatic rings. The van der Waals surface area contributed by atoms with Crippen LogP contribution >= 0.6 is 15.6 Å². The van der Waals surface area contributed by atoms with Gasteiger partial charge in [-0.3, -0.25) is 32.5 Å². The molecule has 630 valence electrons. The van der Waals surface area contributed by atoms with Gasteiger partial charge in [-0.25, -0.2) is 9.13 Å². The number of carbonyl (C=O) groups is 3. The Kier molecular flexibility index (Phi) is 80.3. The third-order valence-electron chi connectivity index (χ3n) is 18.6. The molecular formula is C91H160O16P2. The molecule has 0 bridgehead atoms. The normalized spacial score (nSPS) is 14.4. The zero-order valence-corrected chi connectivity index (χ0v) is 71.0. The van der Waals surface area contributed by atoms with Gasteiger partial charge in [0.1, 0.15) is 25.4 Å². The van der Waals surface area contributed by atoms with Gasteiger partial charge in [0, 0.05) is 19.3 Å². The zero-order chi connectivity index (χ0) is 79.4. The molecule has 0 aromatic heterocycles. The Bertz CT molecular complexity index is 2460. The maximum atomic E-state index is 13.0. The van der Waals surface area contributed by atoms with E-state index in [4.69, 9.17) is 32.3 Å². The minimum absolute atomic E-state index is 0.0915. The molecule has 18 heteroatoms. The van der Waals surface area contributed by atoms with Crippen LogP contribution in [0.25, 0.3) is 0 Å². The third kappa shape index (κ3) is 84.7. The largest absolute Gasteiger partial charge is 0.472 e. The number of aliphatic hydroxyl groups is 2. The molecule has 0 heterocycles. The fourth-order valence-corrected chi connectivity index (χ4v) is 13.6. The van der Waals surface area contributed by atoms with Gasteiger partial charge < -0.3 is 34.2 Å². The van der Waals surface area contributed by atoms with Gasteiger partial charge >= 0.3 is 33.6 Å². The Labute approximate surface area is 665 Å². The first-order valence-corrected chi connectivity index (χ1v) is 46.8. The smallest absolute Gasteiger partial charge is 0.463 e. The number of allylic oxidation sites excluding steroid dienone is 20. The van der Waals surface area contributed by atoms with Crippen molar-refractivity contribution in [3.8, 4) is 0 Å². The zero-order valence-electron chi connectivity index (χ0n) is 69.2. The molecule has 4 N–H and O–H groups in total. The lowest BCUT2D eigenvalue weighted by Crippen LogP contribution is -2.30. The highest BCUT2D eigenvalue weighted by Gasteiger charge is 2.29. The molecule has 0 amide bonds. The van der Waals surface area contributed by atoms with Gasteiger partial charge in [0.05, 0.1) is 26.4 Å². The molecule has 0 fully saturated rings. The highest BCUT2D eigenvalue weighted by Crippen LogP contribution is 2.45. The number of phosphoric acid groups is 2. The van der Waals surface area contributed by atoms with E-state index in [-0.39, 0.29) is 19.3 Å². The van der Waals surface area contributed by atoms with Crippen LogP contribution < -0.4 is 0 Å². The summed E-state index contributed by atoms with van der Waals surface area (Å²) >= 11 is 0. The Hall–Kier alpha value is -4.05. The molecule has 5 atom stereocenters. The first-order valence-electron chi connectivity index (χ1n) is 43.8. The maximum Gasteiger partial charge on any atom is 0.472 e. The van der Waals surface area contributed by atoms with Crippen LogP contribution in [-0.2, 0) is 55.8 Å². The van der Waals surface area contributed by atoms with Crippen molar-refractivity contribution in [3.63, 3.8) is 0 Å². The average Bonchev–Trinajstić information content (AvgIpc) is 0.916. The van der Waals surface area contributed by atoms with E-state index in [0.29, 0.717) is 19.3 Å². The molecule has 0 aliphatic heterocycles. The van der Waals surface area contributed by atoms with E-state index in [0.717, 1.165) is 154 Å². The number of unbranched alkanes of at least 4 members (excludes halogenated alkanes) is 40. The van der Waals surface area contributed by atoms with Gasteiger partial charge in [-0.05, 0) is 135 Å². The highest BCUT2D eigenvalue weighted by atomic mass is 31.2. The Balaban J connectivity index is 4.42. The van der Waals surface area contributed by atoms with Crippen molar-refractivity contribution in [1.82, 2.24) is 0 Å². The monoisotopic (exact) mass is 1570 g/mol. The summed E-state index contributed by atoms with van der Waals surface area (Å²) in [6, 6.07) is 0. The summed E-state index contributed by atoms with van der Waals surface area (Å²) in [5.41, 5.74) is 0. The van der Waals surface area contributed by atoms with Crippen LogP contribution in [0.3, 0.4) is 0 Å². The Morgan fingerprint density at radius 1 is 0.266 bits per heavy atom. The van der Waals surface area contributed by atoms with Crippen molar-refractivity contribution in [2.45, 2.75) is 399 Å². The van der Waals surface area contributed by atoms with Crippen molar-refractivity contribution in [2.75, 3.05) is 39.6 Å². The summed E-state index contributed by atoms with van der Waals surface area (Å²) in [4.78, 5) is 58.8. The lowest BCUT2D eigenvalue weighted by atomic mass is 10.0. The van der Waals surface area contributed by atoms with E-state index in [9.17, 15) is 43.5 Å². The van der Waals surface area contributed by atoms with Crippen LogP contribution in [0.4, 0.5) is 0 Å². The van der Waals surface area contributed by atoms with E-state index in [2.05, 4.69) is 142 Å². The average molecular weight is 1570 g/mol. The number of carbonyl (C=O) groups excluding carboxylic acids is 3. The fourth-order valence-electron chi connectivity index (χ4n) is 12.0. The predicted octanol–water partition coefficient (Wildman–Crippen LogP) is 26.4. The number of rotatable bonds is 83. The van der Waals surface area contributed by atoms with E-state index in [1.807, 2.05) is 0 Å². The molecule has 0 radical (unpaired) electrons. The van der Waals surface area contributed by atoms with E-state index in [1.165, 1.54) is 167 Å². The van der Waals surface area contributed by atoms with Crippen LogP contribution in [0.15, 0.2) is 122 Å². The molecule has 0 saturated heterocycles. The molecule has 0 aromatic carbocycles. The molecule has 0 saturated carbocycles. The minimum atomic E-state index is -4.94. The molecular weight excluding hydrogens is 1410 g/mol. The number of hydrogen-bond donors (Lipinski definition) is 4. The lowest BCUT2D eigenvalue weighted by molar-refractivity contribution is -0.161. The summed E-state index contributed by atoms with van der Waals surface area (Å²) in [6.07, 6.45) is 101. The summed E-state index contributed by atoms with van der Waals surface area (Å²) in [6.45, 7) is 2.56. The fraction of sp³-hybridized carbons (Fsp3) is 0.747. The summed E-state index contributed by atoms with van der Waals surface area (Å²) < 4.78 is 61.3. The molecule has 0 spiro atoms. The van der Waals surface area contributed by atoms with Crippen LogP contribution in [0.2, 0.25) is 0 Å². The first kappa shape index (κ1) is 105. The number of esters is 3. The SMILES string of the molecule is CC/C=C\C/C=C\C/C=C\C/C=C\C/C=C\CCCCCCCCCC(=O)OCC(COP(=O)(O)OCC(O)COP(=O)(O)OCC(O)COC(=O)CCCCCCCCCCCCCCCCCCCCC/C=C\C/C=C\C/C=C\C/C=C\CCCCC)OC(=O)CCCCCCC/C=C\CCCCCCCC. The van der Waals surface area contributed by atoms with Crippen molar-refractivity contribution >= 4 is 33.6 Å². The van der Waals surface area contributed by atoms with Crippen molar-refractivity contribution < 1.29 is 75.8 Å². The third-order valence-corrected chi connectivity index (χ3v) is 20.5. The summed E-state index contributed by atoms with van der Waals surface area (Å²) in [7, 11) is -9.80. The van der Waals surface area contributed by atoms with Crippen molar-refractivity contribution in [3.05, 3.63) is 122 Å². The Morgan fingerprint density at radius 2 is 0.486 bits per heavy atom. The molecule has 109 heavy (non-hydrogen) atoms. The quantitative estimate of drug-likeness (QED) is 0.0146. The second-order valence-corrected chi connectivity index (χ2v) is 32.2. The number of phosphoric ester groups is 2. The number of aliphatic hydroxyl groups excluding tert-OH is 2. The predicted molar refractivity (Wildman–Crippen MR) is 454 cm³/mol. The topological polar surface area (TPSA) is 231 Å². The van der Waals surface area contributed by atoms with Crippen molar-refractivity contribution in [1.29, 1.82) is 0 Å². The van der Waals surface area contributed by atoms with E-state index < -0.39 is 91.5 Å². The van der Waals surface area contributed by atoms with Crippen LogP contribution in [0.5, 0.6) is 0 Å². The summed E-state index contributed by atoms with van der Waals surface area (Å²) in [5, 5.41) is 20.7. The maximum absolute atomic E-state index is 13.0. The van der Waals surface area contributed by atoms with Crippen LogP contribution in [-0.4, -0.2) is 95.9 Å². The van der Waals surface area contributed by atoms with Gasteiger partial charge in [0.15, 0.2) is 6.10 Å². The van der Waals surface area contributed by atoms with Crippen LogP contribution in [0.1, 0.15) is 380 Å². The molecule has 16 nitrogen and oxygen atoms in total. The van der Waals surface area contributed by atoms with Gasteiger partial charge in [0.2, 0.25) is 0 Å². The Morgan fingerprint density at radius 3 is 0.798 bits per heavy atom. The summed E-state index contributed by atoms with van der Waals surface area (Å²) in [5.74, 6) is -1.58. The highest BCUT2D eigenvalue weighted by molar-refractivity contribution is 7.47.